The molecular weight excluding hydrogens is 232 g/mol. The number of carbonyl (C=O) groups is 2. The minimum atomic E-state index is -0.362. The van der Waals surface area contributed by atoms with Crippen LogP contribution in [0.15, 0.2) is 0 Å². The topological polar surface area (TPSA) is 60.9 Å². The van der Waals surface area contributed by atoms with Gasteiger partial charge in [0, 0.05) is 32.0 Å². The normalized spacial score (nSPS) is 26.6. The molecule has 2 amide bonds. The van der Waals surface area contributed by atoms with Gasteiger partial charge in [0.15, 0.2) is 0 Å². The summed E-state index contributed by atoms with van der Waals surface area (Å²) in [5.74, 6) is 0.306. The molecule has 0 spiro atoms. The van der Waals surface area contributed by atoms with E-state index in [0.29, 0.717) is 26.1 Å². The third-order valence-electron chi connectivity index (χ3n) is 4.01. The van der Waals surface area contributed by atoms with Gasteiger partial charge < -0.3 is 14.9 Å². The van der Waals surface area contributed by atoms with E-state index in [1.807, 2.05) is 0 Å². The molecule has 0 aromatic carbocycles. The zero-order chi connectivity index (χ0) is 13.1. The fourth-order valence-corrected chi connectivity index (χ4v) is 2.70. The summed E-state index contributed by atoms with van der Waals surface area (Å²) >= 11 is 0. The van der Waals surface area contributed by atoms with Crippen molar-refractivity contribution in [1.82, 2.24) is 9.80 Å². The van der Waals surface area contributed by atoms with Gasteiger partial charge in [0.2, 0.25) is 11.8 Å². The molecule has 2 saturated heterocycles. The van der Waals surface area contributed by atoms with E-state index in [2.05, 4.69) is 0 Å². The van der Waals surface area contributed by atoms with E-state index in [1.165, 1.54) is 0 Å². The summed E-state index contributed by atoms with van der Waals surface area (Å²) < 4.78 is 0. The van der Waals surface area contributed by atoms with Crippen molar-refractivity contribution in [2.45, 2.75) is 38.7 Å². The standard InChI is InChI=1S/C13H22N2O3/c1-10(16)11-5-7-15(8-11)13(18)9-14-6-3-2-4-12(14)17/h10-11,16H,2-9H2,1H3. The number of amides is 2. The van der Waals surface area contributed by atoms with Crippen LogP contribution in [0.5, 0.6) is 0 Å². The Bertz CT molecular complexity index is 330. The van der Waals surface area contributed by atoms with Gasteiger partial charge in [-0.05, 0) is 26.2 Å². The Kier molecular flexibility index (Phi) is 4.22. The highest BCUT2D eigenvalue weighted by Crippen LogP contribution is 2.20. The van der Waals surface area contributed by atoms with Crippen LogP contribution in [0.1, 0.15) is 32.6 Å². The summed E-state index contributed by atoms with van der Waals surface area (Å²) in [7, 11) is 0. The number of aliphatic hydroxyl groups excluding tert-OH is 1. The van der Waals surface area contributed by atoms with Gasteiger partial charge in [-0.1, -0.05) is 0 Å². The lowest BCUT2D eigenvalue weighted by Crippen LogP contribution is -2.44. The van der Waals surface area contributed by atoms with Crippen LogP contribution in [0.4, 0.5) is 0 Å². The van der Waals surface area contributed by atoms with Gasteiger partial charge >= 0.3 is 0 Å². The lowest BCUT2D eigenvalue weighted by Gasteiger charge is -2.28. The maximum Gasteiger partial charge on any atom is 0.242 e. The average Bonchev–Trinajstić information content (AvgIpc) is 2.81. The van der Waals surface area contributed by atoms with E-state index in [0.717, 1.165) is 19.3 Å². The first-order valence-corrected chi connectivity index (χ1v) is 6.81. The number of nitrogens with zero attached hydrogens (tertiary/aromatic N) is 2. The number of rotatable bonds is 3. The first-order valence-electron chi connectivity index (χ1n) is 6.81. The molecule has 0 aromatic rings. The SMILES string of the molecule is CC(O)C1CCN(C(=O)CN2CCCCC2=O)C1. The van der Waals surface area contributed by atoms with Crippen LogP contribution in [-0.2, 0) is 9.59 Å². The van der Waals surface area contributed by atoms with Crippen LogP contribution in [-0.4, -0.2) is 59.0 Å². The fraction of sp³-hybridized carbons (Fsp3) is 0.846. The van der Waals surface area contributed by atoms with Crippen molar-refractivity contribution in [1.29, 1.82) is 0 Å². The molecule has 0 bridgehead atoms. The number of aliphatic hydroxyl groups is 1. The Morgan fingerprint density at radius 1 is 1.44 bits per heavy atom. The van der Waals surface area contributed by atoms with Gasteiger partial charge in [-0.3, -0.25) is 9.59 Å². The van der Waals surface area contributed by atoms with E-state index in [4.69, 9.17) is 0 Å². The largest absolute Gasteiger partial charge is 0.393 e. The van der Waals surface area contributed by atoms with Gasteiger partial charge in [-0.25, -0.2) is 0 Å². The van der Waals surface area contributed by atoms with Crippen LogP contribution in [0.25, 0.3) is 0 Å². The smallest absolute Gasteiger partial charge is 0.242 e. The van der Waals surface area contributed by atoms with Crippen molar-refractivity contribution < 1.29 is 14.7 Å². The number of hydrogen-bond acceptors (Lipinski definition) is 3. The van der Waals surface area contributed by atoms with E-state index >= 15 is 0 Å². The molecule has 2 unspecified atom stereocenters. The van der Waals surface area contributed by atoms with Crippen LogP contribution < -0.4 is 0 Å². The summed E-state index contributed by atoms with van der Waals surface area (Å²) in [6.45, 7) is 4.02. The highest BCUT2D eigenvalue weighted by atomic mass is 16.3. The predicted octanol–water partition coefficient (Wildman–Crippen LogP) is 0.228. The number of piperidine rings is 1. The molecule has 2 atom stereocenters. The molecule has 0 aliphatic carbocycles. The molecule has 0 radical (unpaired) electrons. The highest BCUT2D eigenvalue weighted by molar-refractivity contribution is 5.85. The number of hydrogen-bond donors (Lipinski definition) is 1. The Morgan fingerprint density at radius 3 is 2.83 bits per heavy atom. The monoisotopic (exact) mass is 254 g/mol. The Morgan fingerprint density at radius 2 is 2.22 bits per heavy atom. The zero-order valence-corrected chi connectivity index (χ0v) is 11.0. The summed E-state index contributed by atoms with van der Waals surface area (Å²) in [6.07, 6.45) is 3.01. The second-order valence-corrected chi connectivity index (χ2v) is 5.40. The fourth-order valence-electron chi connectivity index (χ4n) is 2.70. The van der Waals surface area contributed by atoms with E-state index in [-0.39, 0.29) is 30.4 Å². The molecule has 18 heavy (non-hydrogen) atoms. The van der Waals surface area contributed by atoms with Crippen molar-refractivity contribution in [3.63, 3.8) is 0 Å². The minimum Gasteiger partial charge on any atom is -0.393 e. The number of carbonyl (C=O) groups excluding carboxylic acids is 2. The molecule has 102 valence electrons. The molecule has 2 aliphatic heterocycles. The number of likely N-dealkylation sites (tertiary alicyclic amines) is 2. The van der Waals surface area contributed by atoms with Gasteiger partial charge in [0.05, 0.1) is 12.6 Å². The summed E-state index contributed by atoms with van der Waals surface area (Å²) in [5.41, 5.74) is 0. The summed E-state index contributed by atoms with van der Waals surface area (Å²) in [5, 5.41) is 9.51. The first-order chi connectivity index (χ1) is 8.58. The van der Waals surface area contributed by atoms with Crippen LogP contribution in [0, 0.1) is 5.92 Å². The van der Waals surface area contributed by atoms with Crippen LogP contribution >= 0.6 is 0 Å². The molecule has 5 heteroatoms. The highest BCUT2D eigenvalue weighted by Gasteiger charge is 2.30. The van der Waals surface area contributed by atoms with Crippen molar-refractivity contribution in [3.8, 4) is 0 Å². The molecule has 0 saturated carbocycles. The van der Waals surface area contributed by atoms with Gasteiger partial charge in [0.1, 0.15) is 0 Å². The quantitative estimate of drug-likeness (QED) is 0.784. The minimum absolute atomic E-state index is 0.0217. The van der Waals surface area contributed by atoms with Crippen molar-refractivity contribution >= 4 is 11.8 Å². The molecule has 0 aromatic heterocycles. The molecule has 2 fully saturated rings. The first kappa shape index (κ1) is 13.3. The van der Waals surface area contributed by atoms with E-state index in [1.54, 1.807) is 16.7 Å². The second kappa shape index (κ2) is 5.69. The maximum absolute atomic E-state index is 12.1. The second-order valence-electron chi connectivity index (χ2n) is 5.40. The van der Waals surface area contributed by atoms with E-state index < -0.39 is 0 Å². The van der Waals surface area contributed by atoms with Crippen LogP contribution in [0.2, 0.25) is 0 Å². The van der Waals surface area contributed by atoms with Gasteiger partial charge in [0.25, 0.3) is 0 Å². The molecule has 2 rings (SSSR count). The van der Waals surface area contributed by atoms with Gasteiger partial charge in [-0.2, -0.15) is 0 Å². The Labute approximate surface area is 108 Å². The molecular formula is C13H22N2O3. The third-order valence-corrected chi connectivity index (χ3v) is 4.01. The predicted molar refractivity (Wildman–Crippen MR) is 66.8 cm³/mol. The van der Waals surface area contributed by atoms with E-state index in [9.17, 15) is 14.7 Å². The lowest BCUT2D eigenvalue weighted by atomic mass is 10.0. The average molecular weight is 254 g/mol. The summed E-state index contributed by atoms with van der Waals surface area (Å²) in [4.78, 5) is 27.2. The molecule has 2 heterocycles. The third kappa shape index (κ3) is 3.02. The van der Waals surface area contributed by atoms with Crippen molar-refractivity contribution in [2.24, 2.45) is 5.92 Å². The Balaban J connectivity index is 1.83. The molecule has 5 nitrogen and oxygen atoms in total. The van der Waals surface area contributed by atoms with Crippen molar-refractivity contribution in [3.05, 3.63) is 0 Å². The maximum atomic E-state index is 12.1. The van der Waals surface area contributed by atoms with Gasteiger partial charge in [-0.15, -0.1) is 0 Å². The summed E-state index contributed by atoms with van der Waals surface area (Å²) in [6, 6.07) is 0. The Hall–Kier alpha value is -1.10. The lowest BCUT2D eigenvalue weighted by molar-refractivity contribution is -0.141. The molecule has 2 aliphatic rings. The molecule has 1 N–H and O–H groups in total. The van der Waals surface area contributed by atoms with Crippen LogP contribution in [0.3, 0.4) is 0 Å². The zero-order valence-electron chi connectivity index (χ0n) is 11.0. The van der Waals surface area contributed by atoms with Crippen molar-refractivity contribution in [2.75, 3.05) is 26.2 Å².